The first-order chi connectivity index (χ1) is 22.8. The zero-order valence-electron chi connectivity index (χ0n) is 26.1. The molecule has 2 amide bonds. The molecule has 7 nitrogen and oxygen atoms in total. The van der Waals surface area contributed by atoms with Crippen LogP contribution < -0.4 is 10.1 Å². The number of aryl methyl sites for hydroxylation is 1. The van der Waals surface area contributed by atoms with E-state index in [1.165, 1.54) is 0 Å². The second kappa shape index (κ2) is 14.4. The Bertz CT molecular complexity index is 1660. The maximum atomic E-state index is 14.7. The van der Waals surface area contributed by atoms with E-state index in [-0.39, 0.29) is 31.2 Å². The number of rotatable bonds is 11. The molecular weight excluding hydrogens is 631 g/mol. The fourth-order valence-corrected chi connectivity index (χ4v) is 6.69. The van der Waals surface area contributed by atoms with Gasteiger partial charge < -0.3 is 19.7 Å². The van der Waals surface area contributed by atoms with E-state index in [2.05, 4.69) is 5.32 Å². The van der Waals surface area contributed by atoms with Gasteiger partial charge in [-0.3, -0.25) is 9.69 Å². The quantitative estimate of drug-likeness (QED) is 0.178. The molecule has 0 spiro atoms. The number of hydrogen-bond donors (Lipinski definition) is 1. The lowest BCUT2D eigenvalue weighted by Gasteiger charge is -2.47. The summed E-state index contributed by atoms with van der Waals surface area (Å²) >= 11 is 6.52. The van der Waals surface area contributed by atoms with Crippen molar-refractivity contribution < 1.29 is 32.2 Å². The van der Waals surface area contributed by atoms with Crippen molar-refractivity contribution >= 4 is 29.2 Å². The largest absolute Gasteiger partial charge is 0.488 e. The summed E-state index contributed by atoms with van der Waals surface area (Å²) < 4.78 is 52.0. The fraction of sp³-hybridized carbons (Fsp3) is 0.389. The number of carbonyl (C=O) groups is 2. The van der Waals surface area contributed by atoms with Gasteiger partial charge in [-0.15, -0.1) is 0 Å². The molecule has 11 heteroatoms. The standard InChI is InChI=1S/C36H37ClF3N3O4/c1-2-46-36(45)43-26-18-27(23-11-9-22(10-12-23)6-5-17-47-34-30(39)16-15-29(38)33(34)40)32(31(43)20-41-19-26)35(44)42(25-13-14-25)21-24-7-3-4-8-28(24)37/h3-4,7-12,15-16,25-26,31,41H,2,5-6,13-14,17-21H2,1H3/t26?,31-/m1/s1. The van der Waals surface area contributed by atoms with Crippen LogP contribution in [0.2, 0.25) is 5.02 Å². The molecule has 0 aromatic heterocycles. The van der Waals surface area contributed by atoms with Gasteiger partial charge in [-0.25, -0.2) is 13.6 Å². The van der Waals surface area contributed by atoms with Crippen molar-refractivity contribution in [3.63, 3.8) is 0 Å². The van der Waals surface area contributed by atoms with Crippen LogP contribution in [-0.2, 0) is 22.5 Å². The summed E-state index contributed by atoms with van der Waals surface area (Å²) in [5.41, 5.74) is 4.22. The van der Waals surface area contributed by atoms with Crippen molar-refractivity contribution in [1.29, 1.82) is 0 Å². The monoisotopic (exact) mass is 667 g/mol. The minimum Gasteiger partial charge on any atom is -0.488 e. The smallest absolute Gasteiger partial charge is 0.410 e. The lowest BCUT2D eigenvalue weighted by Crippen LogP contribution is -2.63. The lowest BCUT2D eigenvalue weighted by molar-refractivity contribution is -0.129. The Kier molecular flexibility index (Phi) is 10.1. The number of amides is 2. The van der Waals surface area contributed by atoms with E-state index in [0.717, 1.165) is 47.2 Å². The van der Waals surface area contributed by atoms with E-state index < -0.39 is 35.3 Å². The summed E-state index contributed by atoms with van der Waals surface area (Å²) in [6.07, 6.45) is 2.87. The van der Waals surface area contributed by atoms with Crippen molar-refractivity contribution in [2.75, 3.05) is 26.3 Å². The molecule has 1 unspecified atom stereocenters. The van der Waals surface area contributed by atoms with Crippen molar-refractivity contribution in [3.8, 4) is 5.75 Å². The summed E-state index contributed by atoms with van der Waals surface area (Å²) in [4.78, 5) is 31.5. The summed E-state index contributed by atoms with van der Waals surface area (Å²) in [5.74, 6) is -4.28. The number of fused-ring (bicyclic) bond motifs is 2. The Hall–Kier alpha value is -4.02. The second-order valence-electron chi connectivity index (χ2n) is 12.1. The number of ether oxygens (including phenoxy) is 2. The van der Waals surface area contributed by atoms with Crippen molar-refractivity contribution in [3.05, 3.63) is 105 Å². The Morgan fingerprint density at radius 3 is 2.47 bits per heavy atom. The zero-order chi connectivity index (χ0) is 33.1. The van der Waals surface area contributed by atoms with Crippen LogP contribution >= 0.6 is 11.6 Å². The third-order valence-electron chi connectivity index (χ3n) is 8.96. The molecule has 2 heterocycles. The summed E-state index contributed by atoms with van der Waals surface area (Å²) in [6.45, 7) is 3.39. The van der Waals surface area contributed by atoms with E-state index in [0.29, 0.717) is 49.5 Å². The van der Waals surface area contributed by atoms with Crippen LogP contribution in [0.3, 0.4) is 0 Å². The Morgan fingerprint density at radius 1 is 1.00 bits per heavy atom. The third kappa shape index (κ3) is 7.13. The Morgan fingerprint density at radius 2 is 1.74 bits per heavy atom. The number of nitrogens with one attached hydrogen (secondary N) is 1. The Labute approximate surface area is 277 Å². The van der Waals surface area contributed by atoms with E-state index >= 15 is 0 Å². The highest BCUT2D eigenvalue weighted by Crippen LogP contribution is 2.40. The number of halogens is 4. The minimum absolute atomic E-state index is 0.00529. The molecule has 248 valence electrons. The van der Waals surface area contributed by atoms with E-state index in [9.17, 15) is 22.8 Å². The molecule has 1 saturated heterocycles. The number of benzene rings is 3. The van der Waals surface area contributed by atoms with Gasteiger partial charge in [0.1, 0.15) is 0 Å². The maximum Gasteiger partial charge on any atom is 0.410 e. The molecule has 0 radical (unpaired) electrons. The SMILES string of the molecule is CCOC(=O)N1C2CNC[C@@H]1C(C(=O)N(Cc1ccccc1Cl)C1CC1)=C(c1ccc(CCCOc3c(F)ccc(F)c3F)cc1)C2. The molecule has 1 saturated carbocycles. The minimum atomic E-state index is -1.34. The molecule has 3 aliphatic rings. The van der Waals surface area contributed by atoms with Gasteiger partial charge >= 0.3 is 6.09 Å². The normalized spacial score (nSPS) is 19.0. The van der Waals surface area contributed by atoms with Crippen LogP contribution in [0.25, 0.3) is 5.57 Å². The van der Waals surface area contributed by atoms with Crippen molar-refractivity contribution in [1.82, 2.24) is 15.1 Å². The molecule has 6 rings (SSSR count). The predicted octanol–water partition coefficient (Wildman–Crippen LogP) is 6.92. The Balaban J connectivity index is 1.26. The van der Waals surface area contributed by atoms with Crippen LogP contribution in [0.1, 0.15) is 49.3 Å². The molecule has 2 aliphatic heterocycles. The first-order valence-corrected chi connectivity index (χ1v) is 16.4. The molecule has 2 atom stereocenters. The number of hydrogen-bond acceptors (Lipinski definition) is 5. The van der Waals surface area contributed by atoms with E-state index in [4.69, 9.17) is 21.1 Å². The highest BCUT2D eigenvalue weighted by molar-refractivity contribution is 6.31. The molecule has 2 fully saturated rings. The summed E-state index contributed by atoms with van der Waals surface area (Å²) in [7, 11) is 0. The van der Waals surface area contributed by atoms with Crippen molar-refractivity contribution in [2.24, 2.45) is 0 Å². The maximum absolute atomic E-state index is 14.7. The molecular formula is C36H37ClF3N3O4. The predicted molar refractivity (Wildman–Crippen MR) is 172 cm³/mol. The average Bonchev–Trinajstić information content (AvgIpc) is 3.91. The number of piperazine rings is 1. The molecule has 3 aromatic rings. The van der Waals surface area contributed by atoms with Crippen LogP contribution in [0.5, 0.6) is 5.75 Å². The van der Waals surface area contributed by atoms with Gasteiger partial charge in [0.25, 0.3) is 5.91 Å². The lowest BCUT2D eigenvalue weighted by atomic mass is 9.81. The second-order valence-corrected chi connectivity index (χ2v) is 12.5. The first-order valence-electron chi connectivity index (χ1n) is 16.1. The van der Waals surface area contributed by atoms with Crippen LogP contribution in [-0.4, -0.2) is 66.2 Å². The van der Waals surface area contributed by atoms with Crippen LogP contribution in [0, 0.1) is 17.5 Å². The van der Waals surface area contributed by atoms with Crippen molar-refractivity contribution in [2.45, 2.75) is 63.7 Å². The van der Waals surface area contributed by atoms with Crippen LogP contribution in [0.15, 0.2) is 66.2 Å². The molecule has 47 heavy (non-hydrogen) atoms. The van der Waals surface area contributed by atoms with Gasteiger partial charge in [0.15, 0.2) is 17.4 Å². The zero-order valence-corrected chi connectivity index (χ0v) is 26.9. The van der Waals surface area contributed by atoms with E-state index in [1.807, 2.05) is 53.4 Å². The first kappa shape index (κ1) is 32.9. The van der Waals surface area contributed by atoms with Gasteiger partial charge in [-0.1, -0.05) is 54.1 Å². The number of nitrogens with zero attached hydrogens (tertiary/aromatic N) is 2. The third-order valence-corrected chi connectivity index (χ3v) is 9.33. The fourth-order valence-electron chi connectivity index (χ4n) is 6.50. The molecule has 3 aromatic carbocycles. The van der Waals surface area contributed by atoms with E-state index in [1.54, 1.807) is 11.8 Å². The van der Waals surface area contributed by atoms with Crippen LogP contribution in [0.4, 0.5) is 18.0 Å². The van der Waals surface area contributed by atoms with Gasteiger partial charge in [0.05, 0.1) is 25.3 Å². The number of carbonyl (C=O) groups excluding carboxylic acids is 2. The highest BCUT2D eigenvalue weighted by Gasteiger charge is 2.47. The van der Waals surface area contributed by atoms with Gasteiger partial charge in [0.2, 0.25) is 5.82 Å². The van der Waals surface area contributed by atoms with Gasteiger partial charge in [-0.2, -0.15) is 4.39 Å². The summed E-state index contributed by atoms with van der Waals surface area (Å²) in [6, 6.07) is 16.4. The molecule has 1 N–H and O–H groups in total. The summed E-state index contributed by atoms with van der Waals surface area (Å²) in [5, 5.41) is 4.02. The van der Waals surface area contributed by atoms with Gasteiger partial charge in [-0.05, 0) is 79.5 Å². The molecule has 1 aliphatic carbocycles. The topological polar surface area (TPSA) is 71.1 Å². The highest BCUT2D eigenvalue weighted by atomic mass is 35.5. The average molecular weight is 668 g/mol. The molecule has 2 bridgehead atoms. The van der Waals surface area contributed by atoms with Gasteiger partial charge in [0, 0.05) is 36.3 Å².